The van der Waals surface area contributed by atoms with Crippen LogP contribution in [0.3, 0.4) is 0 Å². The minimum Gasteiger partial charge on any atom is -0.352 e. The maximum atomic E-state index is 12.0. The molecule has 0 saturated carbocycles. The fraction of sp³-hybridized carbons (Fsp3) is 0.375. The van der Waals surface area contributed by atoms with E-state index < -0.39 is 0 Å². The number of carbonyl (C=O) groups excluding carboxylic acids is 2. The molecule has 24 heavy (non-hydrogen) atoms. The lowest BCUT2D eigenvalue weighted by atomic mass is 10.2. The second kappa shape index (κ2) is 8.49. The Morgan fingerprint density at radius 1 is 1.25 bits per heavy atom. The molecular weight excluding hydrogens is 328 g/mol. The molecule has 0 radical (unpaired) electrons. The van der Waals surface area contributed by atoms with Crippen LogP contribution in [0.1, 0.15) is 35.9 Å². The Kier molecular flexibility index (Phi) is 6.36. The van der Waals surface area contributed by atoms with Gasteiger partial charge in [-0.1, -0.05) is 5.16 Å². The normalized spacial score (nSPS) is 10.7. The first-order valence-electron chi connectivity index (χ1n) is 7.53. The van der Waals surface area contributed by atoms with Crippen molar-refractivity contribution in [1.82, 2.24) is 20.8 Å². The van der Waals surface area contributed by atoms with Crippen molar-refractivity contribution < 1.29 is 14.1 Å². The third-order valence-corrected chi connectivity index (χ3v) is 3.90. The van der Waals surface area contributed by atoms with Gasteiger partial charge in [-0.15, -0.1) is 11.8 Å². The number of hydrogen-bond acceptors (Lipinski definition) is 6. The number of hydrogen-bond donors (Lipinski definition) is 2. The van der Waals surface area contributed by atoms with E-state index in [9.17, 15) is 9.59 Å². The summed E-state index contributed by atoms with van der Waals surface area (Å²) in [6.07, 6.45) is 0. The van der Waals surface area contributed by atoms with E-state index in [1.54, 1.807) is 30.8 Å². The molecule has 0 aliphatic carbocycles. The van der Waals surface area contributed by atoms with Gasteiger partial charge < -0.3 is 15.2 Å². The van der Waals surface area contributed by atoms with Crippen LogP contribution in [0, 0.1) is 6.92 Å². The highest BCUT2D eigenvalue weighted by Gasteiger charge is 2.09. The lowest BCUT2D eigenvalue weighted by Gasteiger charge is -2.09. The number of aryl methyl sites for hydroxylation is 1. The minimum atomic E-state index is -0.280. The van der Waals surface area contributed by atoms with Gasteiger partial charge >= 0.3 is 0 Å². The first-order chi connectivity index (χ1) is 11.4. The molecule has 0 spiro atoms. The molecule has 128 valence electrons. The van der Waals surface area contributed by atoms with Gasteiger partial charge in [0.15, 0.2) is 5.82 Å². The third kappa shape index (κ3) is 5.69. The summed E-state index contributed by atoms with van der Waals surface area (Å²) < 4.78 is 5.05. The van der Waals surface area contributed by atoms with Crippen molar-refractivity contribution in [2.75, 3.05) is 6.54 Å². The lowest BCUT2D eigenvalue weighted by molar-refractivity contribution is -0.120. The Morgan fingerprint density at radius 2 is 1.96 bits per heavy atom. The molecular formula is C16H20N4O3S. The molecule has 8 heteroatoms. The second-order valence-corrected chi connectivity index (χ2v) is 6.50. The second-order valence-electron chi connectivity index (χ2n) is 5.45. The zero-order valence-electron chi connectivity index (χ0n) is 13.8. The molecule has 2 N–H and O–H groups in total. The van der Waals surface area contributed by atoms with Crippen LogP contribution in [-0.2, 0) is 10.5 Å². The molecule has 1 aromatic heterocycles. The highest BCUT2D eigenvalue weighted by molar-refractivity contribution is 7.98. The number of nitrogens with one attached hydrogen (secondary N) is 2. The molecule has 0 saturated heterocycles. The average molecular weight is 348 g/mol. The summed E-state index contributed by atoms with van der Waals surface area (Å²) in [5.41, 5.74) is 0.505. The number of carbonyl (C=O) groups is 2. The summed E-state index contributed by atoms with van der Waals surface area (Å²) >= 11 is 1.54. The van der Waals surface area contributed by atoms with E-state index in [-0.39, 0.29) is 24.4 Å². The van der Waals surface area contributed by atoms with E-state index in [0.717, 1.165) is 4.90 Å². The zero-order chi connectivity index (χ0) is 17.5. The summed E-state index contributed by atoms with van der Waals surface area (Å²) in [4.78, 5) is 28.6. The summed E-state index contributed by atoms with van der Waals surface area (Å²) in [6, 6.07) is 7.18. The van der Waals surface area contributed by atoms with Gasteiger partial charge in [0, 0.05) is 16.5 Å². The van der Waals surface area contributed by atoms with E-state index in [1.807, 2.05) is 26.0 Å². The Balaban J connectivity index is 1.82. The Bertz CT molecular complexity index is 698. The molecule has 0 aliphatic rings. The van der Waals surface area contributed by atoms with Gasteiger partial charge in [0.25, 0.3) is 5.91 Å². The molecule has 2 amide bonds. The first kappa shape index (κ1) is 18.0. The summed E-state index contributed by atoms with van der Waals surface area (Å²) in [5.74, 6) is 1.26. The van der Waals surface area contributed by atoms with Crippen molar-refractivity contribution in [3.63, 3.8) is 0 Å². The molecule has 0 atom stereocenters. The fourth-order valence-corrected chi connectivity index (χ4v) is 2.62. The van der Waals surface area contributed by atoms with Crippen molar-refractivity contribution in [1.29, 1.82) is 0 Å². The zero-order valence-corrected chi connectivity index (χ0v) is 14.6. The van der Waals surface area contributed by atoms with Crippen molar-refractivity contribution >= 4 is 23.6 Å². The third-order valence-electron chi connectivity index (χ3n) is 2.91. The van der Waals surface area contributed by atoms with Gasteiger partial charge in [-0.2, -0.15) is 4.98 Å². The number of nitrogens with zero attached hydrogens (tertiary/aromatic N) is 2. The van der Waals surface area contributed by atoms with Crippen LogP contribution in [0.4, 0.5) is 0 Å². The standard InChI is InChI=1S/C16H20N4O3S/c1-10(2)18-14(21)8-17-16(22)12-4-6-13(7-5-12)24-9-15-19-11(3)20-23-15/h4-7,10H,8-9H2,1-3H3,(H,17,22)(H,18,21). The minimum absolute atomic E-state index is 0.0377. The SMILES string of the molecule is Cc1noc(CSc2ccc(C(=O)NCC(=O)NC(C)C)cc2)n1. The predicted molar refractivity (Wildman–Crippen MR) is 90.6 cm³/mol. The molecule has 0 fully saturated rings. The molecule has 2 aromatic rings. The Hall–Kier alpha value is -2.35. The van der Waals surface area contributed by atoms with Gasteiger partial charge in [0.1, 0.15) is 0 Å². The van der Waals surface area contributed by atoms with E-state index >= 15 is 0 Å². The molecule has 7 nitrogen and oxygen atoms in total. The lowest BCUT2D eigenvalue weighted by Crippen LogP contribution is -2.39. The summed E-state index contributed by atoms with van der Waals surface area (Å²) in [6.45, 7) is 5.47. The van der Waals surface area contributed by atoms with Crippen LogP contribution in [0.25, 0.3) is 0 Å². The van der Waals surface area contributed by atoms with Gasteiger partial charge in [-0.05, 0) is 45.0 Å². The molecule has 1 heterocycles. The Labute approximate surface area is 144 Å². The van der Waals surface area contributed by atoms with Crippen LogP contribution in [-0.4, -0.2) is 34.5 Å². The first-order valence-corrected chi connectivity index (χ1v) is 8.52. The highest BCUT2D eigenvalue weighted by atomic mass is 32.2. The number of benzene rings is 1. The van der Waals surface area contributed by atoms with Crippen molar-refractivity contribution in [3.8, 4) is 0 Å². The smallest absolute Gasteiger partial charge is 0.251 e. The summed E-state index contributed by atoms with van der Waals surface area (Å²) in [7, 11) is 0. The maximum Gasteiger partial charge on any atom is 0.251 e. The molecule has 0 unspecified atom stereocenters. The van der Waals surface area contributed by atoms with Crippen molar-refractivity contribution in [3.05, 3.63) is 41.5 Å². The molecule has 0 bridgehead atoms. The summed E-state index contributed by atoms with van der Waals surface area (Å²) in [5, 5.41) is 9.04. The van der Waals surface area contributed by atoms with Gasteiger partial charge in [0.2, 0.25) is 11.8 Å². The topological polar surface area (TPSA) is 97.1 Å². The van der Waals surface area contributed by atoms with Crippen LogP contribution >= 0.6 is 11.8 Å². The van der Waals surface area contributed by atoms with Crippen LogP contribution in [0.5, 0.6) is 0 Å². The van der Waals surface area contributed by atoms with E-state index in [2.05, 4.69) is 20.8 Å². The average Bonchev–Trinajstić information content (AvgIpc) is 2.96. The Morgan fingerprint density at radius 3 is 2.54 bits per heavy atom. The molecule has 1 aromatic carbocycles. The van der Waals surface area contributed by atoms with E-state index in [4.69, 9.17) is 4.52 Å². The van der Waals surface area contributed by atoms with E-state index in [1.165, 1.54) is 0 Å². The molecule has 2 rings (SSSR count). The van der Waals surface area contributed by atoms with Crippen molar-refractivity contribution in [2.45, 2.75) is 37.5 Å². The highest BCUT2D eigenvalue weighted by Crippen LogP contribution is 2.22. The largest absolute Gasteiger partial charge is 0.352 e. The van der Waals surface area contributed by atoms with Gasteiger partial charge in [-0.3, -0.25) is 9.59 Å². The van der Waals surface area contributed by atoms with Crippen molar-refractivity contribution in [2.24, 2.45) is 0 Å². The van der Waals surface area contributed by atoms with Crippen LogP contribution in [0.2, 0.25) is 0 Å². The van der Waals surface area contributed by atoms with Crippen LogP contribution < -0.4 is 10.6 Å². The van der Waals surface area contributed by atoms with Gasteiger partial charge in [0.05, 0.1) is 12.3 Å². The van der Waals surface area contributed by atoms with Gasteiger partial charge in [-0.25, -0.2) is 0 Å². The number of rotatable bonds is 7. The number of amides is 2. The number of thioether (sulfide) groups is 1. The quantitative estimate of drug-likeness (QED) is 0.742. The fourth-order valence-electron chi connectivity index (χ4n) is 1.88. The van der Waals surface area contributed by atoms with E-state index in [0.29, 0.717) is 23.0 Å². The maximum absolute atomic E-state index is 12.0. The van der Waals surface area contributed by atoms with Crippen LogP contribution in [0.15, 0.2) is 33.7 Å². The monoisotopic (exact) mass is 348 g/mol. The predicted octanol–water partition coefficient (Wildman–Crippen LogP) is 1.92. The number of aromatic nitrogens is 2. The molecule has 0 aliphatic heterocycles.